The van der Waals surface area contributed by atoms with E-state index >= 15 is 0 Å². The second kappa shape index (κ2) is 6.60. The fourth-order valence-corrected chi connectivity index (χ4v) is 4.80. The highest BCUT2D eigenvalue weighted by molar-refractivity contribution is 7.83. The maximum absolute atomic E-state index is 12.9. The first-order valence-corrected chi connectivity index (χ1v) is 10.5. The van der Waals surface area contributed by atoms with Gasteiger partial charge in [-0.15, -0.1) is 0 Å². The predicted molar refractivity (Wildman–Crippen MR) is 109 cm³/mol. The first-order valence-electron chi connectivity index (χ1n) is 9.05. The monoisotopic (exact) mass is 381 g/mol. The SMILES string of the molecule is CC(C)(C)n1nc2c(c1NC(=O)Cc1cccc3ccccc13)C[S@](=O)C2. The summed E-state index contributed by atoms with van der Waals surface area (Å²) >= 11 is 0. The lowest BCUT2D eigenvalue weighted by Gasteiger charge is -2.23. The smallest absolute Gasteiger partial charge is 0.229 e. The Labute approximate surface area is 161 Å². The van der Waals surface area contributed by atoms with Crippen molar-refractivity contribution in [2.24, 2.45) is 0 Å². The van der Waals surface area contributed by atoms with Gasteiger partial charge < -0.3 is 5.32 Å². The number of nitrogens with zero attached hydrogens (tertiary/aromatic N) is 2. The molecule has 0 saturated heterocycles. The molecule has 0 fully saturated rings. The lowest BCUT2D eigenvalue weighted by molar-refractivity contribution is -0.115. The summed E-state index contributed by atoms with van der Waals surface area (Å²) in [5.41, 5.74) is 2.47. The Morgan fingerprint density at radius 2 is 1.89 bits per heavy atom. The zero-order valence-corrected chi connectivity index (χ0v) is 16.6. The number of amides is 1. The Bertz CT molecular complexity index is 1060. The molecule has 0 saturated carbocycles. The number of rotatable bonds is 3. The van der Waals surface area contributed by atoms with Gasteiger partial charge in [-0.1, -0.05) is 42.5 Å². The van der Waals surface area contributed by atoms with Gasteiger partial charge in [0, 0.05) is 16.4 Å². The third-order valence-corrected chi connectivity index (χ3v) is 6.00. The third-order valence-electron chi connectivity index (χ3n) is 4.79. The molecule has 1 aliphatic heterocycles. The van der Waals surface area contributed by atoms with E-state index in [0.29, 0.717) is 17.3 Å². The fourth-order valence-electron chi connectivity index (χ4n) is 3.54. The second-order valence-corrected chi connectivity index (χ2v) is 9.41. The van der Waals surface area contributed by atoms with E-state index in [4.69, 9.17) is 0 Å². The van der Waals surface area contributed by atoms with Crippen molar-refractivity contribution in [2.75, 3.05) is 5.32 Å². The van der Waals surface area contributed by atoms with E-state index in [1.807, 2.05) is 67.9 Å². The molecule has 1 amide bonds. The lowest BCUT2D eigenvalue weighted by Crippen LogP contribution is -2.28. The minimum absolute atomic E-state index is 0.0859. The Balaban J connectivity index is 1.64. The summed E-state index contributed by atoms with van der Waals surface area (Å²) < 4.78 is 13.8. The summed E-state index contributed by atoms with van der Waals surface area (Å²) in [4.78, 5) is 12.9. The zero-order valence-electron chi connectivity index (χ0n) is 15.8. The van der Waals surface area contributed by atoms with Crippen LogP contribution in [0.3, 0.4) is 0 Å². The number of benzene rings is 2. The molecule has 6 heteroatoms. The standard InChI is InChI=1S/C21H23N3O2S/c1-21(2,3)24-20(17-12-27(26)13-18(17)23-24)22-19(25)11-15-9-6-8-14-7-4-5-10-16(14)15/h4-10H,11-13H2,1-3H3,(H,22,25)/t27-/m0/s1. The maximum Gasteiger partial charge on any atom is 0.229 e. The maximum atomic E-state index is 12.9. The summed E-state index contributed by atoms with van der Waals surface area (Å²) in [6.45, 7) is 6.14. The van der Waals surface area contributed by atoms with Crippen molar-refractivity contribution in [3.8, 4) is 0 Å². The van der Waals surface area contributed by atoms with E-state index in [0.717, 1.165) is 27.6 Å². The quantitative estimate of drug-likeness (QED) is 0.752. The highest BCUT2D eigenvalue weighted by Crippen LogP contribution is 2.33. The van der Waals surface area contributed by atoms with E-state index in [1.54, 1.807) is 0 Å². The average molecular weight is 382 g/mol. The van der Waals surface area contributed by atoms with E-state index in [2.05, 4.69) is 10.4 Å². The van der Waals surface area contributed by atoms with Crippen LogP contribution in [0.1, 0.15) is 37.6 Å². The summed E-state index contributed by atoms with van der Waals surface area (Å²) in [7, 11) is -0.932. The molecule has 1 aromatic heterocycles. The fraction of sp³-hybridized carbons (Fsp3) is 0.333. The summed E-state index contributed by atoms with van der Waals surface area (Å²) in [6.07, 6.45) is 0.286. The second-order valence-electron chi connectivity index (χ2n) is 7.95. The highest BCUT2D eigenvalue weighted by Gasteiger charge is 2.31. The molecule has 140 valence electrons. The van der Waals surface area contributed by atoms with Crippen LogP contribution in [-0.2, 0) is 39.1 Å². The molecule has 27 heavy (non-hydrogen) atoms. The van der Waals surface area contributed by atoms with Gasteiger partial charge in [0.2, 0.25) is 5.91 Å². The number of hydrogen-bond donors (Lipinski definition) is 1. The van der Waals surface area contributed by atoms with Crippen LogP contribution in [0.4, 0.5) is 5.82 Å². The van der Waals surface area contributed by atoms with Crippen LogP contribution in [0.2, 0.25) is 0 Å². The van der Waals surface area contributed by atoms with Gasteiger partial charge in [-0.3, -0.25) is 9.00 Å². The Morgan fingerprint density at radius 3 is 2.67 bits per heavy atom. The number of aromatic nitrogens is 2. The van der Waals surface area contributed by atoms with Crippen molar-refractivity contribution in [1.82, 2.24) is 9.78 Å². The number of fused-ring (bicyclic) bond motifs is 2. The van der Waals surface area contributed by atoms with Gasteiger partial charge in [0.15, 0.2) is 0 Å². The van der Waals surface area contributed by atoms with Crippen LogP contribution in [-0.4, -0.2) is 19.9 Å². The largest absolute Gasteiger partial charge is 0.310 e. The molecule has 0 unspecified atom stereocenters. The van der Waals surface area contributed by atoms with Crippen molar-refractivity contribution in [1.29, 1.82) is 0 Å². The van der Waals surface area contributed by atoms with Gasteiger partial charge in [-0.2, -0.15) is 5.10 Å². The molecule has 0 spiro atoms. The van der Waals surface area contributed by atoms with Gasteiger partial charge in [-0.25, -0.2) is 4.68 Å². The molecule has 0 aliphatic carbocycles. The number of carbonyl (C=O) groups excluding carboxylic acids is 1. The molecular weight excluding hydrogens is 358 g/mol. The van der Waals surface area contributed by atoms with Gasteiger partial charge >= 0.3 is 0 Å². The van der Waals surface area contributed by atoms with E-state index in [-0.39, 0.29) is 17.9 Å². The van der Waals surface area contributed by atoms with Crippen molar-refractivity contribution in [3.05, 3.63) is 59.3 Å². The molecule has 1 atom stereocenters. The van der Waals surface area contributed by atoms with Crippen molar-refractivity contribution >= 4 is 33.3 Å². The molecule has 0 radical (unpaired) electrons. The molecule has 0 bridgehead atoms. The first kappa shape index (κ1) is 17.9. The topological polar surface area (TPSA) is 64.0 Å². The molecule has 2 aromatic carbocycles. The van der Waals surface area contributed by atoms with Crippen molar-refractivity contribution in [3.63, 3.8) is 0 Å². The van der Waals surface area contributed by atoms with Crippen LogP contribution in [0, 0.1) is 0 Å². The van der Waals surface area contributed by atoms with Gasteiger partial charge in [0.05, 0.1) is 29.2 Å². The minimum atomic E-state index is -0.932. The third kappa shape index (κ3) is 3.41. The number of anilines is 1. The highest BCUT2D eigenvalue weighted by atomic mass is 32.2. The Hall–Kier alpha value is -2.47. The molecule has 5 nitrogen and oxygen atoms in total. The first-order chi connectivity index (χ1) is 12.8. The molecular formula is C21H23N3O2S. The number of nitrogens with one attached hydrogen (secondary N) is 1. The van der Waals surface area contributed by atoms with Crippen LogP contribution in [0.25, 0.3) is 10.8 Å². The Kier molecular flexibility index (Phi) is 4.38. The number of hydrogen-bond acceptors (Lipinski definition) is 3. The summed E-state index contributed by atoms with van der Waals surface area (Å²) in [6, 6.07) is 14.1. The Morgan fingerprint density at radius 1 is 1.15 bits per heavy atom. The normalized spacial score (nSPS) is 16.5. The van der Waals surface area contributed by atoms with Crippen LogP contribution in [0.5, 0.6) is 0 Å². The van der Waals surface area contributed by atoms with Gasteiger partial charge in [0.25, 0.3) is 0 Å². The lowest BCUT2D eigenvalue weighted by atomic mass is 10.0. The predicted octanol–water partition coefficient (Wildman–Crippen LogP) is 3.73. The van der Waals surface area contributed by atoms with Crippen LogP contribution < -0.4 is 5.32 Å². The van der Waals surface area contributed by atoms with Crippen LogP contribution in [0.15, 0.2) is 42.5 Å². The molecule has 2 heterocycles. The van der Waals surface area contributed by atoms with Crippen molar-refractivity contribution < 1.29 is 9.00 Å². The summed E-state index contributed by atoms with van der Waals surface area (Å²) in [5, 5.41) is 9.90. The van der Waals surface area contributed by atoms with E-state index in [9.17, 15) is 9.00 Å². The zero-order chi connectivity index (χ0) is 19.2. The molecule has 1 N–H and O–H groups in total. The van der Waals surface area contributed by atoms with Gasteiger partial charge in [-0.05, 0) is 37.1 Å². The van der Waals surface area contributed by atoms with Crippen LogP contribution >= 0.6 is 0 Å². The van der Waals surface area contributed by atoms with E-state index < -0.39 is 10.8 Å². The minimum Gasteiger partial charge on any atom is -0.310 e. The molecule has 3 aromatic rings. The van der Waals surface area contributed by atoms with E-state index in [1.165, 1.54) is 0 Å². The summed E-state index contributed by atoms with van der Waals surface area (Å²) in [5.74, 6) is 1.52. The number of carbonyl (C=O) groups is 1. The molecule has 1 aliphatic rings. The molecule has 4 rings (SSSR count). The average Bonchev–Trinajstić information content (AvgIpc) is 3.12. The van der Waals surface area contributed by atoms with Gasteiger partial charge in [0.1, 0.15) is 5.82 Å². The van der Waals surface area contributed by atoms with Crippen molar-refractivity contribution in [2.45, 2.75) is 44.2 Å².